The largest absolute Gasteiger partial charge is 0.297 e. The highest BCUT2D eigenvalue weighted by Crippen LogP contribution is 1.76. The van der Waals surface area contributed by atoms with Gasteiger partial charge in [-0.1, -0.05) is 0 Å². The van der Waals surface area contributed by atoms with E-state index < -0.39 is 0 Å². The fourth-order valence-electron chi connectivity index (χ4n) is 0. The number of rotatable bonds is 1. The molecule has 4 N–H and O–H groups in total. The normalized spacial score (nSPS) is 11.0. The Morgan fingerprint density at radius 1 is 1.33 bits per heavy atom. The lowest BCUT2D eigenvalue weighted by atomic mass is 10.8. The number of hydrogen-bond donors (Lipinski definition) is 2. The summed E-state index contributed by atoms with van der Waals surface area (Å²) in [7, 11) is 3.57. The molecular weight excluding hydrogens is 78.1 g/mol. The second-order valence-electron chi connectivity index (χ2n) is 1.32. The van der Waals surface area contributed by atoms with E-state index >= 15 is 0 Å². The standard InChI is InChI=1S/C3H10N3/c1-6(2)3(4)5/h4-5H2,1-2H3. The van der Waals surface area contributed by atoms with Gasteiger partial charge in [0.25, 0.3) is 0 Å². The molecule has 0 saturated carbocycles. The number of hydrogen-bond acceptors (Lipinski definition) is 3. The van der Waals surface area contributed by atoms with Gasteiger partial charge in [0.05, 0.1) is 0 Å². The Morgan fingerprint density at radius 3 is 1.50 bits per heavy atom. The Morgan fingerprint density at radius 2 is 1.50 bits per heavy atom. The van der Waals surface area contributed by atoms with Crippen molar-refractivity contribution in [3.8, 4) is 0 Å². The summed E-state index contributed by atoms with van der Waals surface area (Å²) in [5, 5.41) is 0. The molecule has 0 aromatic heterocycles. The van der Waals surface area contributed by atoms with Crippen LogP contribution in [-0.2, 0) is 0 Å². The minimum absolute atomic E-state index is 0.343. The first kappa shape index (κ1) is 5.88. The lowest BCUT2D eigenvalue weighted by molar-refractivity contribution is 0.414. The predicted octanol–water partition coefficient (Wildman–Crippen LogP) is -1.09. The molecule has 1 radical (unpaired) electrons. The van der Waals surface area contributed by atoms with Crippen LogP contribution in [0.25, 0.3) is 0 Å². The minimum atomic E-state index is 0.343. The highest BCUT2D eigenvalue weighted by molar-refractivity contribution is 4.65. The molecule has 0 aliphatic heterocycles. The molecule has 0 bridgehead atoms. The molecule has 0 heterocycles. The van der Waals surface area contributed by atoms with E-state index in [1.807, 2.05) is 0 Å². The van der Waals surface area contributed by atoms with Crippen molar-refractivity contribution in [3.05, 3.63) is 6.29 Å². The molecule has 0 aromatic rings. The molecule has 0 rings (SSSR count). The summed E-state index contributed by atoms with van der Waals surface area (Å²) >= 11 is 0. The zero-order chi connectivity index (χ0) is 5.15. The first-order valence-corrected chi connectivity index (χ1v) is 1.70. The summed E-state index contributed by atoms with van der Waals surface area (Å²) < 4.78 is 0. The van der Waals surface area contributed by atoms with Gasteiger partial charge in [0, 0.05) is 0 Å². The fraction of sp³-hybridized carbons (Fsp3) is 0.667. The molecule has 0 atom stereocenters. The molecule has 6 heavy (non-hydrogen) atoms. The van der Waals surface area contributed by atoms with Crippen LogP contribution in [0.15, 0.2) is 0 Å². The zero-order valence-corrected chi connectivity index (χ0v) is 4.10. The van der Waals surface area contributed by atoms with Crippen LogP contribution in [0.5, 0.6) is 0 Å². The van der Waals surface area contributed by atoms with Gasteiger partial charge in [-0.25, -0.2) is 0 Å². The SMILES string of the molecule is CN(C)[C](N)N. The maximum atomic E-state index is 5.06. The van der Waals surface area contributed by atoms with Gasteiger partial charge >= 0.3 is 0 Å². The highest BCUT2D eigenvalue weighted by Gasteiger charge is 1.93. The summed E-state index contributed by atoms with van der Waals surface area (Å²) in [6.07, 6.45) is 0.343. The summed E-state index contributed by atoms with van der Waals surface area (Å²) in [5.41, 5.74) is 10.1. The van der Waals surface area contributed by atoms with Crippen LogP contribution < -0.4 is 11.5 Å². The molecule has 0 amide bonds. The monoisotopic (exact) mass is 88.1 g/mol. The third-order valence-electron chi connectivity index (χ3n) is 0.516. The first-order valence-electron chi connectivity index (χ1n) is 1.70. The minimum Gasteiger partial charge on any atom is -0.297 e. The van der Waals surface area contributed by atoms with E-state index in [9.17, 15) is 0 Å². The maximum Gasteiger partial charge on any atom is 0.167 e. The smallest absolute Gasteiger partial charge is 0.167 e. The average Bonchev–Trinajstić information content (AvgIpc) is 1.36. The van der Waals surface area contributed by atoms with E-state index in [-0.39, 0.29) is 0 Å². The van der Waals surface area contributed by atoms with Gasteiger partial charge in [-0.15, -0.1) is 0 Å². The van der Waals surface area contributed by atoms with Crippen molar-refractivity contribution in [2.24, 2.45) is 11.5 Å². The first-order chi connectivity index (χ1) is 2.64. The van der Waals surface area contributed by atoms with Crippen LogP contribution in [0.2, 0.25) is 0 Å². The second kappa shape index (κ2) is 2.12. The topological polar surface area (TPSA) is 55.3 Å². The summed E-state index contributed by atoms with van der Waals surface area (Å²) in [5.74, 6) is 0. The molecule has 0 fully saturated rings. The third-order valence-corrected chi connectivity index (χ3v) is 0.516. The van der Waals surface area contributed by atoms with Crippen LogP contribution in [0.3, 0.4) is 0 Å². The maximum absolute atomic E-state index is 5.06. The zero-order valence-electron chi connectivity index (χ0n) is 4.10. The lowest BCUT2D eigenvalue weighted by Crippen LogP contribution is -2.34. The van der Waals surface area contributed by atoms with E-state index in [1.54, 1.807) is 19.0 Å². The van der Waals surface area contributed by atoms with Crippen molar-refractivity contribution >= 4 is 0 Å². The average molecular weight is 88.1 g/mol. The summed E-state index contributed by atoms with van der Waals surface area (Å²) in [6.45, 7) is 0. The van der Waals surface area contributed by atoms with Gasteiger partial charge in [-0.2, -0.15) is 0 Å². The van der Waals surface area contributed by atoms with E-state index in [2.05, 4.69) is 0 Å². The van der Waals surface area contributed by atoms with Crippen LogP contribution in [0, 0.1) is 6.29 Å². The predicted molar refractivity (Wildman–Crippen MR) is 25.3 cm³/mol. The molecule has 3 nitrogen and oxygen atoms in total. The Bertz CT molecular complexity index is 27.0. The Balaban J connectivity index is 2.99. The Hall–Kier alpha value is -0.120. The highest BCUT2D eigenvalue weighted by atomic mass is 15.2. The van der Waals surface area contributed by atoms with E-state index in [0.717, 1.165) is 0 Å². The van der Waals surface area contributed by atoms with Gasteiger partial charge in [-0.3, -0.25) is 16.4 Å². The molecule has 0 aromatic carbocycles. The fourth-order valence-corrected chi connectivity index (χ4v) is 0. The quantitative estimate of drug-likeness (QED) is 0.428. The van der Waals surface area contributed by atoms with Crippen molar-refractivity contribution in [2.45, 2.75) is 0 Å². The molecular formula is C3H10N3. The van der Waals surface area contributed by atoms with E-state index in [4.69, 9.17) is 11.5 Å². The lowest BCUT2D eigenvalue weighted by Gasteiger charge is -2.10. The van der Waals surface area contributed by atoms with Gasteiger partial charge in [0.2, 0.25) is 0 Å². The molecule has 0 aliphatic rings. The third kappa shape index (κ3) is 2.14. The molecule has 37 valence electrons. The summed E-state index contributed by atoms with van der Waals surface area (Å²) in [4.78, 5) is 1.64. The van der Waals surface area contributed by atoms with Crippen LogP contribution in [0.4, 0.5) is 0 Å². The second-order valence-corrected chi connectivity index (χ2v) is 1.32. The van der Waals surface area contributed by atoms with Gasteiger partial charge in [-0.05, 0) is 14.1 Å². The Kier molecular flexibility index (Phi) is 2.08. The van der Waals surface area contributed by atoms with Crippen molar-refractivity contribution < 1.29 is 0 Å². The van der Waals surface area contributed by atoms with Crippen molar-refractivity contribution in [2.75, 3.05) is 14.1 Å². The molecule has 0 aliphatic carbocycles. The Labute approximate surface area is 37.9 Å². The van der Waals surface area contributed by atoms with Crippen LogP contribution >= 0.6 is 0 Å². The van der Waals surface area contributed by atoms with Gasteiger partial charge in [0.1, 0.15) is 0 Å². The summed E-state index contributed by atoms with van der Waals surface area (Å²) in [6, 6.07) is 0. The number of nitrogens with two attached hydrogens (primary N) is 2. The van der Waals surface area contributed by atoms with Crippen molar-refractivity contribution in [3.63, 3.8) is 0 Å². The van der Waals surface area contributed by atoms with Crippen LogP contribution in [0.1, 0.15) is 0 Å². The molecule has 0 saturated heterocycles. The van der Waals surface area contributed by atoms with Crippen LogP contribution in [-0.4, -0.2) is 19.0 Å². The number of nitrogens with zero attached hydrogens (tertiary/aromatic N) is 1. The molecule has 0 spiro atoms. The molecule has 0 unspecified atom stereocenters. The van der Waals surface area contributed by atoms with Gasteiger partial charge in [0.15, 0.2) is 6.29 Å². The molecule has 3 heteroatoms. The van der Waals surface area contributed by atoms with E-state index in [0.29, 0.717) is 6.29 Å². The van der Waals surface area contributed by atoms with Crippen molar-refractivity contribution in [1.29, 1.82) is 0 Å². The van der Waals surface area contributed by atoms with Gasteiger partial charge < -0.3 is 0 Å². The van der Waals surface area contributed by atoms with E-state index in [1.165, 1.54) is 0 Å². The van der Waals surface area contributed by atoms with Crippen molar-refractivity contribution in [1.82, 2.24) is 4.90 Å².